The van der Waals surface area contributed by atoms with Gasteiger partial charge in [0.25, 0.3) is 5.69 Å². The van der Waals surface area contributed by atoms with Crippen LogP contribution in [0.3, 0.4) is 0 Å². The average Bonchev–Trinajstić information content (AvgIpc) is 2.61. The smallest absolute Gasteiger partial charge is 0.324 e. The van der Waals surface area contributed by atoms with E-state index in [0.717, 1.165) is 17.7 Å². The standard InChI is InChI=1S/C18H17ClF3N3O3/c1-10(13-5-3-4-6-15(13)19)23-11(2)17(26)24-16-8-7-12(25(27)28)9-14(16)18(20,21)22/h3-11,23H,1-2H3,(H,24,26)/t10-,11+/m1/s1. The summed E-state index contributed by atoms with van der Waals surface area (Å²) in [6.45, 7) is 3.25. The molecule has 0 bridgehead atoms. The van der Waals surface area contributed by atoms with Gasteiger partial charge >= 0.3 is 6.18 Å². The fourth-order valence-corrected chi connectivity index (χ4v) is 2.90. The van der Waals surface area contributed by atoms with Crippen molar-refractivity contribution in [2.45, 2.75) is 32.1 Å². The molecule has 2 aromatic carbocycles. The number of alkyl halides is 3. The second-order valence-electron chi connectivity index (χ2n) is 6.11. The van der Waals surface area contributed by atoms with Crippen LogP contribution >= 0.6 is 11.6 Å². The van der Waals surface area contributed by atoms with Gasteiger partial charge in [0.1, 0.15) is 0 Å². The fourth-order valence-electron chi connectivity index (χ4n) is 2.60. The van der Waals surface area contributed by atoms with Gasteiger partial charge in [-0.05, 0) is 31.5 Å². The highest BCUT2D eigenvalue weighted by Crippen LogP contribution is 2.37. The van der Waals surface area contributed by atoms with Gasteiger partial charge in [-0.1, -0.05) is 29.8 Å². The van der Waals surface area contributed by atoms with Crippen LogP contribution in [0.2, 0.25) is 5.02 Å². The third kappa shape index (κ3) is 5.20. The maximum atomic E-state index is 13.2. The molecule has 0 aliphatic carbocycles. The topological polar surface area (TPSA) is 84.3 Å². The molecule has 2 rings (SSSR count). The SMILES string of the molecule is C[C@H](N[C@H](C)c1ccccc1Cl)C(=O)Nc1ccc([N+](=O)[O-])cc1C(F)(F)F. The monoisotopic (exact) mass is 415 g/mol. The molecule has 0 heterocycles. The van der Waals surface area contributed by atoms with Crippen LogP contribution in [0.4, 0.5) is 24.5 Å². The first kappa shape index (κ1) is 21.6. The molecule has 2 atom stereocenters. The van der Waals surface area contributed by atoms with Crippen LogP contribution < -0.4 is 10.6 Å². The third-order valence-corrected chi connectivity index (χ3v) is 4.39. The van der Waals surface area contributed by atoms with Crippen molar-refractivity contribution >= 4 is 28.9 Å². The molecule has 0 aliphatic heterocycles. The molecule has 0 spiro atoms. The van der Waals surface area contributed by atoms with Crippen LogP contribution in [0, 0.1) is 10.1 Å². The molecule has 0 fully saturated rings. The number of carbonyl (C=O) groups is 1. The van der Waals surface area contributed by atoms with Crippen LogP contribution in [0.25, 0.3) is 0 Å². The number of nitrogens with one attached hydrogen (secondary N) is 2. The molecule has 0 aromatic heterocycles. The lowest BCUT2D eigenvalue weighted by molar-refractivity contribution is -0.385. The highest BCUT2D eigenvalue weighted by Gasteiger charge is 2.36. The number of rotatable bonds is 6. The van der Waals surface area contributed by atoms with Crippen molar-refractivity contribution in [3.63, 3.8) is 0 Å². The first-order chi connectivity index (χ1) is 13.0. The molecule has 0 unspecified atom stereocenters. The Morgan fingerprint density at radius 1 is 1.18 bits per heavy atom. The van der Waals surface area contributed by atoms with Gasteiger partial charge in [-0.2, -0.15) is 13.2 Å². The van der Waals surface area contributed by atoms with Gasteiger partial charge in [0.2, 0.25) is 5.91 Å². The number of non-ortho nitro benzene ring substituents is 1. The van der Waals surface area contributed by atoms with E-state index >= 15 is 0 Å². The Kier molecular flexibility index (Phi) is 6.63. The predicted octanol–water partition coefficient (Wildman–Crippen LogP) is 4.94. The number of carbonyl (C=O) groups excluding carboxylic acids is 1. The molecule has 0 saturated heterocycles. The number of halogens is 4. The highest BCUT2D eigenvalue weighted by atomic mass is 35.5. The average molecular weight is 416 g/mol. The molecular weight excluding hydrogens is 399 g/mol. The minimum atomic E-state index is -4.86. The molecule has 6 nitrogen and oxygen atoms in total. The van der Waals surface area contributed by atoms with Crippen molar-refractivity contribution in [1.29, 1.82) is 0 Å². The normalized spacial score (nSPS) is 13.6. The molecule has 2 aromatic rings. The molecule has 2 N–H and O–H groups in total. The Morgan fingerprint density at radius 2 is 1.82 bits per heavy atom. The van der Waals surface area contributed by atoms with Gasteiger partial charge in [-0.25, -0.2) is 0 Å². The first-order valence-corrected chi connectivity index (χ1v) is 8.55. The number of nitrogens with zero attached hydrogens (tertiary/aromatic N) is 1. The summed E-state index contributed by atoms with van der Waals surface area (Å²) in [7, 11) is 0. The lowest BCUT2D eigenvalue weighted by Crippen LogP contribution is -2.39. The summed E-state index contributed by atoms with van der Waals surface area (Å²) >= 11 is 6.10. The van der Waals surface area contributed by atoms with E-state index in [9.17, 15) is 28.1 Å². The highest BCUT2D eigenvalue weighted by molar-refractivity contribution is 6.31. The molecule has 0 aliphatic rings. The second-order valence-corrected chi connectivity index (χ2v) is 6.51. The van der Waals surface area contributed by atoms with E-state index in [1.165, 1.54) is 6.92 Å². The van der Waals surface area contributed by atoms with Crippen molar-refractivity contribution in [2.75, 3.05) is 5.32 Å². The number of hydrogen-bond donors (Lipinski definition) is 2. The Balaban J connectivity index is 2.17. The van der Waals surface area contributed by atoms with Crippen molar-refractivity contribution in [3.8, 4) is 0 Å². The summed E-state index contributed by atoms with van der Waals surface area (Å²) in [6.07, 6.45) is -4.86. The van der Waals surface area contributed by atoms with Gasteiger partial charge in [-0.3, -0.25) is 20.2 Å². The van der Waals surface area contributed by atoms with E-state index < -0.39 is 40.0 Å². The van der Waals surface area contributed by atoms with E-state index in [1.807, 2.05) is 0 Å². The maximum Gasteiger partial charge on any atom is 0.418 e. The van der Waals surface area contributed by atoms with Gasteiger partial charge in [0.05, 0.1) is 22.2 Å². The van der Waals surface area contributed by atoms with Crippen molar-refractivity contribution in [1.82, 2.24) is 5.32 Å². The lowest BCUT2D eigenvalue weighted by atomic mass is 10.1. The number of nitro groups is 1. The van der Waals surface area contributed by atoms with E-state index in [4.69, 9.17) is 11.6 Å². The molecule has 10 heteroatoms. The maximum absolute atomic E-state index is 13.2. The Bertz CT molecular complexity index is 890. The number of benzene rings is 2. The van der Waals surface area contributed by atoms with E-state index in [0.29, 0.717) is 11.1 Å². The van der Waals surface area contributed by atoms with Crippen molar-refractivity contribution < 1.29 is 22.9 Å². The Morgan fingerprint density at radius 3 is 2.39 bits per heavy atom. The summed E-state index contributed by atoms with van der Waals surface area (Å²) in [4.78, 5) is 22.2. The molecular formula is C18H17ClF3N3O3. The molecule has 0 radical (unpaired) electrons. The summed E-state index contributed by atoms with van der Waals surface area (Å²) in [5, 5.41) is 16.4. The zero-order valence-corrected chi connectivity index (χ0v) is 15.6. The fraction of sp³-hybridized carbons (Fsp3) is 0.278. The lowest BCUT2D eigenvalue weighted by Gasteiger charge is -2.21. The first-order valence-electron chi connectivity index (χ1n) is 8.17. The summed E-state index contributed by atoms with van der Waals surface area (Å²) in [6, 6.07) is 7.93. The molecule has 0 saturated carbocycles. The summed E-state index contributed by atoms with van der Waals surface area (Å²) < 4.78 is 39.6. The quantitative estimate of drug-likeness (QED) is 0.516. The van der Waals surface area contributed by atoms with Crippen LogP contribution in [0.5, 0.6) is 0 Å². The van der Waals surface area contributed by atoms with Crippen molar-refractivity contribution in [2.24, 2.45) is 0 Å². The minimum absolute atomic E-state index is 0.339. The van der Waals surface area contributed by atoms with Gasteiger partial charge < -0.3 is 5.32 Å². The largest absolute Gasteiger partial charge is 0.418 e. The van der Waals surface area contributed by atoms with E-state index in [1.54, 1.807) is 31.2 Å². The third-order valence-electron chi connectivity index (χ3n) is 4.04. The molecule has 28 heavy (non-hydrogen) atoms. The van der Waals surface area contributed by atoms with E-state index in [2.05, 4.69) is 10.6 Å². The van der Waals surface area contributed by atoms with Crippen LogP contribution in [-0.4, -0.2) is 16.9 Å². The van der Waals surface area contributed by atoms with Gasteiger partial charge in [0.15, 0.2) is 0 Å². The predicted molar refractivity (Wildman–Crippen MR) is 99.2 cm³/mol. The zero-order valence-electron chi connectivity index (χ0n) is 14.9. The second kappa shape index (κ2) is 8.57. The Hall–Kier alpha value is -2.65. The summed E-state index contributed by atoms with van der Waals surface area (Å²) in [5.74, 6) is -0.724. The van der Waals surface area contributed by atoms with Crippen LogP contribution in [-0.2, 0) is 11.0 Å². The number of hydrogen-bond acceptors (Lipinski definition) is 4. The van der Waals surface area contributed by atoms with Crippen LogP contribution in [0.15, 0.2) is 42.5 Å². The van der Waals surface area contributed by atoms with Crippen molar-refractivity contribution in [3.05, 3.63) is 68.7 Å². The van der Waals surface area contributed by atoms with Gasteiger partial charge in [0, 0.05) is 23.2 Å². The van der Waals surface area contributed by atoms with Gasteiger partial charge in [-0.15, -0.1) is 0 Å². The molecule has 150 valence electrons. The van der Waals surface area contributed by atoms with Crippen LogP contribution in [0.1, 0.15) is 31.0 Å². The number of nitro benzene ring substituents is 1. The van der Waals surface area contributed by atoms with E-state index in [-0.39, 0.29) is 6.04 Å². The number of amides is 1. The zero-order chi connectivity index (χ0) is 21.1. The summed E-state index contributed by atoms with van der Waals surface area (Å²) in [5.41, 5.74) is -1.83. The molecule has 1 amide bonds. The minimum Gasteiger partial charge on any atom is -0.324 e. The number of anilines is 1. The Labute approximate surface area is 163 Å².